The molecule has 6 heteroatoms. The van der Waals surface area contributed by atoms with Gasteiger partial charge in [-0.3, -0.25) is 4.79 Å². The molecule has 2 fully saturated rings. The minimum Gasteiger partial charge on any atom is -0.459 e. The highest BCUT2D eigenvalue weighted by Gasteiger charge is 2.39. The van der Waals surface area contributed by atoms with E-state index in [0.29, 0.717) is 23.5 Å². The van der Waals surface area contributed by atoms with Gasteiger partial charge in [-0.1, -0.05) is 27.2 Å². The normalized spacial score (nSPS) is 35.4. The van der Waals surface area contributed by atoms with Gasteiger partial charge in [0.25, 0.3) is 0 Å². The van der Waals surface area contributed by atoms with E-state index in [0.717, 1.165) is 12.8 Å². The van der Waals surface area contributed by atoms with E-state index in [2.05, 4.69) is 20.8 Å². The Kier molecular flexibility index (Phi) is 6.15. The number of thioether (sulfide) groups is 1. The number of hydrogen-bond acceptors (Lipinski definition) is 6. The van der Waals surface area contributed by atoms with E-state index in [1.54, 1.807) is 0 Å². The first-order valence-corrected chi connectivity index (χ1v) is 9.06. The van der Waals surface area contributed by atoms with Crippen LogP contribution in [-0.2, 0) is 23.8 Å². The molecule has 0 aromatic rings. The molecule has 1 saturated heterocycles. The fourth-order valence-electron chi connectivity index (χ4n) is 3.21. The minimum atomic E-state index is -0.686. The first kappa shape index (κ1) is 17.6. The van der Waals surface area contributed by atoms with Gasteiger partial charge >= 0.3 is 11.9 Å². The zero-order chi connectivity index (χ0) is 16.3. The topological polar surface area (TPSA) is 61.8 Å². The smallest absolute Gasteiger partial charge is 0.346 e. The van der Waals surface area contributed by atoms with Gasteiger partial charge in [0.2, 0.25) is 11.7 Å². The molecule has 0 N–H and O–H groups in total. The molecule has 0 aromatic heterocycles. The zero-order valence-corrected chi connectivity index (χ0v) is 14.6. The van der Waals surface area contributed by atoms with E-state index in [9.17, 15) is 9.59 Å². The van der Waals surface area contributed by atoms with Crippen LogP contribution in [0.5, 0.6) is 0 Å². The molecular formula is C16H26O5S. The average Bonchev–Trinajstić information content (AvgIpc) is 2.86. The minimum absolute atomic E-state index is 0.0341. The Hall–Kier alpha value is -0.750. The molecule has 0 radical (unpaired) electrons. The molecule has 0 amide bonds. The lowest BCUT2D eigenvalue weighted by molar-refractivity contribution is -0.185. The number of esters is 2. The fourth-order valence-corrected chi connectivity index (χ4v) is 4.08. The Morgan fingerprint density at radius 3 is 2.59 bits per heavy atom. The van der Waals surface area contributed by atoms with Gasteiger partial charge in [-0.15, -0.1) is 11.8 Å². The Labute approximate surface area is 136 Å². The number of carbonyl (C=O) groups is 2. The van der Waals surface area contributed by atoms with Crippen molar-refractivity contribution in [2.45, 2.75) is 64.8 Å². The third kappa shape index (κ3) is 4.62. The molecule has 1 aliphatic heterocycles. The summed E-state index contributed by atoms with van der Waals surface area (Å²) < 4.78 is 16.2. The maximum atomic E-state index is 12.3. The van der Waals surface area contributed by atoms with Crippen LogP contribution in [0.4, 0.5) is 0 Å². The van der Waals surface area contributed by atoms with E-state index >= 15 is 0 Å². The summed E-state index contributed by atoms with van der Waals surface area (Å²) in [6.07, 6.45) is 2.53. The highest BCUT2D eigenvalue weighted by Crippen LogP contribution is 2.36. The van der Waals surface area contributed by atoms with Crippen LogP contribution in [0.15, 0.2) is 0 Å². The highest BCUT2D eigenvalue weighted by molar-refractivity contribution is 8.00. The van der Waals surface area contributed by atoms with Gasteiger partial charge in [0.15, 0.2) is 0 Å². The zero-order valence-electron chi connectivity index (χ0n) is 13.7. The predicted octanol–water partition coefficient (Wildman–Crippen LogP) is 2.97. The summed E-state index contributed by atoms with van der Waals surface area (Å²) in [5, 5.41) is 0. The third-order valence-corrected chi connectivity index (χ3v) is 5.45. The van der Waals surface area contributed by atoms with E-state index < -0.39 is 17.7 Å². The summed E-state index contributed by atoms with van der Waals surface area (Å²) in [4.78, 5) is 23.2. The molecule has 0 aromatic carbocycles. The maximum absolute atomic E-state index is 12.3. The molecule has 126 valence electrons. The molecule has 0 unspecified atom stereocenters. The van der Waals surface area contributed by atoms with Crippen molar-refractivity contribution >= 4 is 23.7 Å². The predicted molar refractivity (Wildman–Crippen MR) is 84.1 cm³/mol. The summed E-state index contributed by atoms with van der Waals surface area (Å²) >= 11 is 1.33. The molecule has 5 nitrogen and oxygen atoms in total. The molecule has 0 bridgehead atoms. The molecule has 1 heterocycles. The molecule has 1 saturated carbocycles. The first-order valence-electron chi connectivity index (χ1n) is 8.01. The third-order valence-electron chi connectivity index (χ3n) is 4.38. The van der Waals surface area contributed by atoms with E-state index in [4.69, 9.17) is 14.2 Å². The van der Waals surface area contributed by atoms with Crippen LogP contribution < -0.4 is 0 Å². The van der Waals surface area contributed by atoms with Gasteiger partial charge in [0, 0.05) is 6.92 Å². The second-order valence-corrected chi connectivity index (χ2v) is 7.74. The van der Waals surface area contributed by atoms with E-state index in [-0.39, 0.29) is 12.1 Å². The van der Waals surface area contributed by atoms with Gasteiger partial charge in [-0.25, -0.2) is 4.79 Å². The van der Waals surface area contributed by atoms with Crippen molar-refractivity contribution in [3.8, 4) is 0 Å². The van der Waals surface area contributed by atoms with Crippen molar-refractivity contribution in [3.05, 3.63) is 0 Å². The Balaban J connectivity index is 1.88. The van der Waals surface area contributed by atoms with E-state index in [1.807, 2.05) is 0 Å². The first-order chi connectivity index (χ1) is 10.4. The lowest BCUT2D eigenvalue weighted by Crippen LogP contribution is -2.38. The van der Waals surface area contributed by atoms with Crippen LogP contribution in [0, 0.1) is 17.8 Å². The average molecular weight is 330 g/mol. The Morgan fingerprint density at radius 2 is 1.95 bits per heavy atom. The second kappa shape index (κ2) is 7.68. The van der Waals surface area contributed by atoms with Crippen LogP contribution in [0.3, 0.4) is 0 Å². The number of ether oxygens (including phenoxy) is 3. The van der Waals surface area contributed by atoms with Crippen molar-refractivity contribution in [1.29, 1.82) is 0 Å². The van der Waals surface area contributed by atoms with Gasteiger partial charge in [-0.05, 0) is 30.6 Å². The van der Waals surface area contributed by atoms with Crippen LogP contribution in [0.2, 0.25) is 0 Å². The maximum Gasteiger partial charge on any atom is 0.346 e. The van der Waals surface area contributed by atoms with Crippen LogP contribution in [0.1, 0.15) is 47.0 Å². The molecule has 2 aliphatic rings. The standard InChI is InChI=1S/C16H26O5S/c1-9(2)12-6-5-10(3)7-13(12)20-15(18)16-21-14(8-22-16)19-11(4)17/h9-10,12-14,16H,5-8H2,1-4H3/t10-,12+,13-,14-,16-/m1/s1. The Morgan fingerprint density at radius 1 is 1.23 bits per heavy atom. The van der Waals surface area contributed by atoms with Crippen molar-refractivity contribution < 1.29 is 23.8 Å². The van der Waals surface area contributed by atoms with Crippen LogP contribution in [-0.4, -0.2) is 35.5 Å². The molecule has 5 atom stereocenters. The molecule has 2 rings (SSSR count). The van der Waals surface area contributed by atoms with Gasteiger partial charge in [-0.2, -0.15) is 0 Å². The van der Waals surface area contributed by atoms with E-state index in [1.165, 1.54) is 25.1 Å². The molecule has 0 spiro atoms. The van der Waals surface area contributed by atoms with Crippen molar-refractivity contribution in [3.63, 3.8) is 0 Å². The lowest BCUT2D eigenvalue weighted by atomic mass is 9.75. The van der Waals surface area contributed by atoms with Crippen molar-refractivity contribution in [1.82, 2.24) is 0 Å². The quantitative estimate of drug-likeness (QED) is 0.739. The summed E-state index contributed by atoms with van der Waals surface area (Å²) in [6, 6.07) is 0. The van der Waals surface area contributed by atoms with Crippen molar-refractivity contribution in [2.75, 3.05) is 5.75 Å². The highest BCUT2D eigenvalue weighted by atomic mass is 32.2. The largest absolute Gasteiger partial charge is 0.459 e. The number of hydrogen-bond donors (Lipinski definition) is 0. The number of rotatable bonds is 4. The number of carbonyl (C=O) groups excluding carboxylic acids is 2. The van der Waals surface area contributed by atoms with Gasteiger partial charge < -0.3 is 14.2 Å². The van der Waals surface area contributed by atoms with Crippen LogP contribution in [0.25, 0.3) is 0 Å². The van der Waals surface area contributed by atoms with Gasteiger partial charge in [0.05, 0.1) is 5.75 Å². The lowest BCUT2D eigenvalue weighted by Gasteiger charge is -2.37. The molecule has 1 aliphatic carbocycles. The Bertz CT molecular complexity index is 411. The SMILES string of the molecule is CC(=O)O[C@H]1CS[C@H](C(=O)O[C@@H]2C[C@H](C)CC[C@H]2C(C)C)O1. The van der Waals surface area contributed by atoms with Crippen LogP contribution >= 0.6 is 11.8 Å². The summed E-state index contributed by atoms with van der Waals surface area (Å²) in [7, 11) is 0. The molecular weight excluding hydrogens is 304 g/mol. The van der Waals surface area contributed by atoms with Crippen molar-refractivity contribution in [2.24, 2.45) is 17.8 Å². The summed E-state index contributed by atoms with van der Waals surface area (Å²) in [6.45, 7) is 7.89. The van der Waals surface area contributed by atoms with Gasteiger partial charge in [0.1, 0.15) is 6.10 Å². The monoisotopic (exact) mass is 330 g/mol. The summed E-state index contributed by atoms with van der Waals surface area (Å²) in [5.41, 5.74) is -0.686. The fraction of sp³-hybridized carbons (Fsp3) is 0.875. The second-order valence-electron chi connectivity index (χ2n) is 6.64. The molecule has 22 heavy (non-hydrogen) atoms. The summed E-state index contributed by atoms with van der Waals surface area (Å²) in [5.74, 6) is 1.21.